The Hall–Kier alpha value is -3.21. The lowest BCUT2D eigenvalue weighted by Gasteiger charge is -2.32. The largest absolute Gasteiger partial charge is 0.434 e. The van der Waals surface area contributed by atoms with Crippen molar-refractivity contribution in [2.24, 2.45) is 5.92 Å². The van der Waals surface area contributed by atoms with Crippen LogP contribution >= 0.6 is 0 Å². The minimum absolute atomic E-state index is 0.00319. The molecule has 1 aliphatic rings. The summed E-state index contributed by atoms with van der Waals surface area (Å²) in [5.41, 5.74) is 0.517. The van der Waals surface area contributed by atoms with Crippen LogP contribution in [0.3, 0.4) is 0 Å². The number of halogens is 2. The fourth-order valence-corrected chi connectivity index (χ4v) is 4.08. The molecule has 0 aliphatic carbocycles. The van der Waals surface area contributed by atoms with Gasteiger partial charge in [0, 0.05) is 13.1 Å². The topological polar surface area (TPSA) is 105 Å². The normalized spacial score (nSPS) is 16.5. The summed E-state index contributed by atoms with van der Waals surface area (Å²) in [4.78, 5) is 27.2. The number of para-hydroxylation sites is 3. The van der Waals surface area contributed by atoms with E-state index in [-0.39, 0.29) is 29.5 Å². The summed E-state index contributed by atoms with van der Waals surface area (Å²) in [6.07, 6.45) is 2.07. The third-order valence-corrected chi connectivity index (χ3v) is 5.48. The Morgan fingerprint density at radius 1 is 1.09 bits per heavy atom. The maximum Gasteiger partial charge on any atom is 0.387 e. The molecule has 2 N–H and O–H groups in total. The number of piperidine rings is 1. The van der Waals surface area contributed by atoms with E-state index in [0.717, 1.165) is 6.26 Å². The van der Waals surface area contributed by atoms with Gasteiger partial charge in [-0.15, -0.1) is 0 Å². The van der Waals surface area contributed by atoms with Crippen LogP contribution in [0.4, 0.5) is 20.2 Å². The molecule has 0 bridgehead atoms. The molecule has 2 aromatic rings. The Kier molecular flexibility index (Phi) is 7.29. The Bertz CT molecular complexity index is 1090. The van der Waals surface area contributed by atoms with Gasteiger partial charge >= 0.3 is 6.61 Å². The van der Waals surface area contributed by atoms with E-state index in [0.29, 0.717) is 25.1 Å². The number of nitrogens with zero attached hydrogens (tertiary/aromatic N) is 1. The lowest BCUT2D eigenvalue weighted by atomic mass is 9.96. The Balaban J connectivity index is 1.72. The SMILES string of the molecule is CS(=O)(=O)Nc1ccccc1NC(=O)C1CCCN(C(=O)c2ccccc2OC(F)F)C1. The highest BCUT2D eigenvalue weighted by Gasteiger charge is 2.30. The van der Waals surface area contributed by atoms with E-state index in [9.17, 15) is 26.8 Å². The second-order valence-corrected chi connectivity index (χ2v) is 9.12. The van der Waals surface area contributed by atoms with E-state index in [4.69, 9.17) is 0 Å². The van der Waals surface area contributed by atoms with Gasteiger partial charge in [0.1, 0.15) is 5.75 Å². The van der Waals surface area contributed by atoms with Crippen molar-refractivity contribution < 1.29 is 31.5 Å². The van der Waals surface area contributed by atoms with Gasteiger partial charge in [-0.1, -0.05) is 24.3 Å². The number of benzene rings is 2. The highest BCUT2D eigenvalue weighted by Crippen LogP contribution is 2.27. The minimum atomic E-state index is -3.54. The van der Waals surface area contributed by atoms with Gasteiger partial charge in [0.15, 0.2) is 0 Å². The third kappa shape index (κ3) is 6.16. The maximum atomic E-state index is 12.9. The molecule has 8 nitrogen and oxygen atoms in total. The van der Waals surface area contributed by atoms with Crippen LogP contribution in [-0.4, -0.2) is 51.1 Å². The van der Waals surface area contributed by atoms with Crippen molar-refractivity contribution in [3.63, 3.8) is 0 Å². The number of sulfonamides is 1. The lowest BCUT2D eigenvalue weighted by molar-refractivity contribution is -0.121. The Labute approximate surface area is 184 Å². The predicted octanol–water partition coefficient (Wildman–Crippen LogP) is 3.15. The van der Waals surface area contributed by atoms with Crippen LogP contribution in [-0.2, 0) is 14.8 Å². The highest BCUT2D eigenvalue weighted by molar-refractivity contribution is 7.92. The Morgan fingerprint density at radius 3 is 2.44 bits per heavy atom. The maximum absolute atomic E-state index is 12.9. The van der Waals surface area contributed by atoms with Crippen LogP contribution in [0.15, 0.2) is 48.5 Å². The fraction of sp³-hybridized carbons (Fsp3) is 0.333. The molecule has 2 aromatic carbocycles. The summed E-state index contributed by atoms with van der Waals surface area (Å²) in [6.45, 7) is -2.60. The first-order valence-corrected chi connectivity index (χ1v) is 11.7. The van der Waals surface area contributed by atoms with Gasteiger partial charge in [-0.25, -0.2) is 8.42 Å². The molecule has 3 rings (SSSR count). The van der Waals surface area contributed by atoms with E-state index in [1.165, 1.54) is 29.2 Å². The monoisotopic (exact) mass is 467 g/mol. The molecule has 172 valence electrons. The Morgan fingerprint density at radius 2 is 1.75 bits per heavy atom. The average molecular weight is 467 g/mol. The van der Waals surface area contributed by atoms with E-state index < -0.39 is 28.5 Å². The van der Waals surface area contributed by atoms with Crippen LogP contribution < -0.4 is 14.8 Å². The van der Waals surface area contributed by atoms with Gasteiger partial charge in [-0.2, -0.15) is 8.78 Å². The number of carbonyl (C=O) groups excluding carboxylic acids is 2. The zero-order valence-electron chi connectivity index (χ0n) is 17.3. The van der Waals surface area contributed by atoms with E-state index in [1.54, 1.807) is 24.3 Å². The number of hydrogen-bond acceptors (Lipinski definition) is 5. The van der Waals surface area contributed by atoms with Crippen molar-refractivity contribution in [2.45, 2.75) is 19.5 Å². The molecular formula is C21H23F2N3O5S. The second-order valence-electron chi connectivity index (χ2n) is 7.37. The minimum Gasteiger partial charge on any atom is -0.434 e. The number of hydrogen-bond donors (Lipinski definition) is 2. The van der Waals surface area contributed by atoms with Crippen LogP contribution in [0.2, 0.25) is 0 Å². The summed E-state index contributed by atoms with van der Waals surface area (Å²) in [6, 6.07) is 12.1. The number of carbonyl (C=O) groups is 2. The molecule has 1 fully saturated rings. The first kappa shape index (κ1) is 23.5. The van der Waals surface area contributed by atoms with Crippen LogP contribution in [0.1, 0.15) is 23.2 Å². The smallest absolute Gasteiger partial charge is 0.387 e. The molecule has 2 amide bonds. The third-order valence-electron chi connectivity index (χ3n) is 4.89. The molecule has 1 heterocycles. The standard InChI is InChI=1S/C21H23F2N3O5S/c1-32(29,30)25-17-10-4-3-9-16(17)24-19(27)14-7-6-12-26(13-14)20(28)15-8-2-5-11-18(15)31-21(22)23/h2-5,8-11,14,21,25H,6-7,12-13H2,1H3,(H,24,27). The van der Waals surface area contributed by atoms with Crippen molar-refractivity contribution in [1.29, 1.82) is 0 Å². The quantitative estimate of drug-likeness (QED) is 0.651. The van der Waals surface area contributed by atoms with Gasteiger partial charge in [-0.05, 0) is 37.1 Å². The molecule has 1 atom stereocenters. The number of rotatable bonds is 7. The number of anilines is 2. The van der Waals surface area contributed by atoms with Crippen LogP contribution in [0.25, 0.3) is 0 Å². The van der Waals surface area contributed by atoms with E-state index in [2.05, 4.69) is 14.8 Å². The summed E-state index contributed by atoms with van der Waals surface area (Å²) in [5, 5.41) is 2.71. The number of alkyl halides is 2. The molecule has 1 unspecified atom stereocenters. The number of amides is 2. The van der Waals surface area contributed by atoms with Crippen molar-refractivity contribution in [3.8, 4) is 5.75 Å². The summed E-state index contributed by atoms with van der Waals surface area (Å²) < 4.78 is 55.3. The predicted molar refractivity (Wildman–Crippen MR) is 115 cm³/mol. The molecule has 1 saturated heterocycles. The highest BCUT2D eigenvalue weighted by atomic mass is 32.2. The first-order valence-electron chi connectivity index (χ1n) is 9.85. The molecular weight excluding hydrogens is 444 g/mol. The molecule has 0 spiro atoms. The number of nitrogens with one attached hydrogen (secondary N) is 2. The average Bonchev–Trinajstić information content (AvgIpc) is 2.73. The molecule has 32 heavy (non-hydrogen) atoms. The van der Waals surface area contributed by atoms with E-state index >= 15 is 0 Å². The van der Waals surface area contributed by atoms with Crippen molar-refractivity contribution >= 4 is 33.2 Å². The molecule has 0 radical (unpaired) electrons. The molecule has 0 saturated carbocycles. The number of ether oxygens (including phenoxy) is 1. The first-order chi connectivity index (χ1) is 15.1. The molecule has 0 aromatic heterocycles. The van der Waals surface area contributed by atoms with Crippen molar-refractivity contribution in [2.75, 3.05) is 29.4 Å². The van der Waals surface area contributed by atoms with Crippen LogP contribution in [0.5, 0.6) is 5.75 Å². The zero-order valence-corrected chi connectivity index (χ0v) is 18.1. The van der Waals surface area contributed by atoms with Crippen molar-refractivity contribution in [1.82, 2.24) is 4.90 Å². The fourth-order valence-electron chi connectivity index (χ4n) is 3.50. The van der Waals surface area contributed by atoms with Crippen molar-refractivity contribution in [3.05, 3.63) is 54.1 Å². The van der Waals surface area contributed by atoms with Gasteiger partial charge in [0.25, 0.3) is 5.91 Å². The molecule has 1 aliphatic heterocycles. The second kappa shape index (κ2) is 9.94. The lowest BCUT2D eigenvalue weighted by Crippen LogP contribution is -2.44. The summed E-state index contributed by atoms with van der Waals surface area (Å²) >= 11 is 0. The van der Waals surface area contributed by atoms with Gasteiger partial charge in [-0.3, -0.25) is 14.3 Å². The number of likely N-dealkylation sites (tertiary alicyclic amines) is 1. The van der Waals surface area contributed by atoms with E-state index in [1.807, 2.05) is 0 Å². The van der Waals surface area contributed by atoms with Gasteiger partial charge in [0.05, 0.1) is 29.1 Å². The van der Waals surface area contributed by atoms with Crippen LogP contribution in [0, 0.1) is 5.92 Å². The summed E-state index contributed by atoms with van der Waals surface area (Å²) in [7, 11) is -3.54. The summed E-state index contributed by atoms with van der Waals surface area (Å²) in [5.74, 6) is -1.65. The zero-order chi connectivity index (χ0) is 23.3. The van der Waals surface area contributed by atoms with Gasteiger partial charge in [0.2, 0.25) is 15.9 Å². The molecule has 11 heteroatoms. The van der Waals surface area contributed by atoms with Gasteiger partial charge < -0.3 is 15.0 Å².